The summed E-state index contributed by atoms with van der Waals surface area (Å²) in [5.74, 6) is 0. The highest BCUT2D eigenvalue weighted by atomic mass is 32.2. The molecule has 1 saturated heterocycles. The van der Waals surface area contributed by atoms with Crippen LogP contribution in [0, 0.1) is 0 Å². The van der Waals surface area contributed by atoms with Gasteiger partial charge in [-0.1, -0.05) is 0 Å². The summed E-state index contributed by atoms with van der Waals surface area (Å²) in [5, 5.41) is 36.8. The summed E-state index contributed by atoms with van der Waals surface area (Å²) < 4.78 is 5.13. The predicted octanol–water partition coefficient (Wildman–Crippen LogP) is -1.85. The Morgan fingerprint density at radius 1 is 1.15 bits per heavy atom. The fraction of sp³-hybridized carbons (Fsp3) is 1.00. The maximum atomic E-state index is 9.38. The molecule has 0 aliphatic carbocycles. The topological polar surface area (TPSA) is 90.2 Å². The monoisotopic (exact) mass is 210 g/mol. The number of rotatable bonds is 2. The standard InChI is InChI=1S/C7H14O5S/c1-13-7-6(11)5(10)4(9)3(2-8)12-7/h3-11H,2H2,1H3/t3-,4?,5+,6?,7+/m1/s1. The zero-order valence-electron chi connectivity index (χ0n) is 7.20. The van der Waals surface area contributed by atoms with Gasteiger partial charge in [-0.3, -0.25) is 0 Å². The molecular formula is C7H14O5S. The van der Waals surface area contributed by atoms with Crippen molar-refractivity contribution in [3.63, 3.8) is 0 Å². The van der Waals surface area contributed by atoms with E-state index in [4.69, 9.17) is 9.84 Å². The summed E-state index contributed by atoms with van der Waals surface area (Å²) in [6.07, 6.45) is -2.72. The Morgan fingerprint density at radius 2 is 1.77 bits per heavy atom. The summed E-state index contributed by atoms with van der Waals surface area (Å²) in [5.41, 5.74) is -0.601. The Hall–Kier alpha value is 0.150. The van der Waals surface area contributed by atoms with Crippen LogP contribution in [0.25, 0.3) is 0 Å². The molecule has 0 aromatic heterocycles. The first-order chi connectivity index (χ1) is 6.11. The van der Waals surface area contributed by atoms with Crippen LogP contribution in [0.1, 0.15) is 0 Å². The van der Waals surface area contributed by atoms with E-state index >= 15 is 0 Å². The van der Waals surface area contributed by atoms with E-state index in [1.54, 1.807) is 6.26 Å². The molecule has 13 heavy (non-hydrogen) atoms. The normalized spacial score (nSPS) is 46.4. The SMILES string of the molecule is CS[C@@H]1O[C@H](CO)C(O)[C@H](O)C1O. The van der Waals surface area contributed by atoms with E-state index in [1.807, 2.05) is 0 Å². The quantitative estimate of drug-likeness (QED) is 0.428. The second-order valence-corrected chi connectivity index (χ2v) is 3.87. The first-order valence-corrected chi connectivity index (χ1v) is 5.24. The van der Waals surface area contributed by atoms with Gasteiger partial charge in [0.2, 0.25) is 0 Å². The first kappa shape index (κ1) is 11.2. The van der Waals surface area contributed by atoms with Gasteiger partial charge in [0.25, 0.3) is 0 Å². The number of ether oxygens (including phenoxy) is 1. The Kier molecular flexibility index (Phi) is 3.96. The van der Waals surface area contributed by atoms with Gasteiger partial charge in [-0.25, -0.2) is 0 Å². The molecule has 1 fully saturated rings. The lowest BCUT2D eigenvalue weighted by molar-refractivity contribution is -0.205. The van der Waals surface area contributed by atoms with Crippen LogP contribution in [0.3, 0.4) is 0 Å². The van der Waals surface area contributed by atoms with Gasteiger partial charge in [-0.05, 0) is 6.26 Å². The molecule has 1 aliphatic heterocycles. The molecule has 4 N–H and O–H groups in total. The molecule has 0 aromatic rings. The minimum absolute atomic E-state index is 0.373. The van der Waals surface area contributed by atoms with Crippen molar-refractivity contribution in [2.75, 3.05) is 12.9 Å². The fourth-order valence-corrected chi connectivity index (χ4v) is 1.96. The van der Waals surface area contributed by atoms with E-state index < -0.39 is 29.9 Å². The molecule has 1 rings (SSSR count). The summed E-state index contributed by atoms with van der Waals surface area (Å²) in [4.78, 5) is 0. The average Bonchev–Trinajstić information content (AvgIpc) is 2.15. The van der Waals surface area contributed by atoms with Crippen LogP contribution in [0.2, 0.25) is 0 Å². The molecule has 0 amide bonds. The maximum Gasteiger partial charge on any atom is 0.132 e. The summed E-state index contributed by atoms with van der Waals surface area (Å²) >= 11 is 1.22. The van der Waals surface area contributed by atoms with Crippen molar-refractivity contribution in [1.29, 1.82) is 0 Å². The summed E-state index contributed by atoms with van der Waals surface area (Å²) in [6, 6.07) is 0. The molecule has 0 aromatic carbocycles. The highest BCUT2D eigenvalue weighted by Gasteiger charge is 2.42. The van der Waals surface area contributed by atoms with E-state index in [1.165, 1.54) is 11.8 Å². The van der Waals surface area contributed by atoms with Gasteiger partial charge in [0.05, 0.1) is 6.61 Å². The number of hydrogen-bond donors (Lipinski definition) is 4. The Bertz CT molecular complexity index is 147. The van der Waals surface area contributed by atoms with Crippen LogP contribution in [0.4, 0.5) is 0 Å². The second kappa shape index (κ2) is 4.59. The van der Waals surface area contributed by atoms with Crippen molar-refractivity contribution in [1.82, 2.24) is 0 Å². The second-order valence-electron chi connectivity index (χ2n) is 2.93. The summed E-state index contributed by atoms with van der Waals surface area (Å²) in [6.45, 7) is -0.373. The minimum Gasteiger partial charge on any atom is -0.394 e. The van der Waals surface area contributed by atoms with Crippen molar-refractivity contribution in [3.05, 3.63) is 0 Å². The molecule has 0 saturated carbocycles. The smallest absolute Gasteiger partial charge is 0.132 e. The van der Waals surface area contributed by atoms with Crippen molar-refractivity contribution in [2.45, 2.75) is 29.9 Å². The molecule has 0 bridgehead atoms. The Morgan fingerprint density at radius 3 is 2.23 bits per heavy atom. The first-order valence-electron chi connectivity index (χ1n) is 3.95. The molecule has 0 radical (unpaired) electrons. The van der Waals surface area contributed by atoms with Crippen LogP contribution < -0.4 is 0 Å². The van der Waals surface area contributed by atoms with Crippen LogP contribution in [0.15, 0.2) is 0 Å². The Labute approximate surface area is 80.3 Å². The van der Waals surface area contributed by atoms with Crippen molar-refractivity contribution in [2.24, 2.45) is 0 Å². The van der Waals surface area contributed by atoms with E-state index in [-0.39, 0.29) is 6.61 Å². The molecule has 5 nitrogen and oxygen atoms in total. The number of aliphatic hydroxyl groups is 4. The van der Waals surface area contributed by atoms with E-state index in [0.717, 1.165) is 0 Å². The highest BCUT2D eigenvalue weighted by Crippen LogP contribution is 2.26. The highest BCUT2D eigenvalue weighted by molar-refractivity contribution is 7.99. The lowest BCUT2D eigenvalue weighted by Gasteiger charge is -2.39. The van der Waals surface area contributed by atoms with Gasteiger partial charge in [-0.15, -0.1) is 11.8 Å². The molecule has 6 heteroatoms. The van der Waals surface area contributed by atoms with Crippen LogP contribution in [0.5, 0.6) is 0 Å². The third kappa shape index (κ3) is 2.15. The number of thioether (sulfide) groups is 1. The summed E-state index contributed by atoms with van der Waals surface area (Å²) in [7, 11) is 0. The molecule has 5 atom stereocenters. The van der Waals surface area contributed by atoms with Gasteiger partial charge >= 0.3 is 0 Å². The van der Waals surface area contributed by atoms with E-state index in [9.17, 15) is 15.3 Å². The van der Waals surface area contributed by atoms with Gasteiger partial charge < -0.3 is 25.2 Å². The van der Waals surface area contributed by atoms with Crippen LogP contribution >= 0.6 is 11.8 Å². The third-order valence-electron chi connectivity index (χ3n) is 2.08. The van der Waals surface area contributed by atoms with E-state index in [0.29, 0.717) is 0 Å². The third-order valence-corrected chi connectivity index (χ3v) is 2.94. The largest absolute Gasteiger partial charge is 0.394 e. The molecule has 78 valence electrons. The van der Waals surface area contributed by atoms with Gasteiger partial charge in [0.15, 0.2) is 0 Å². The fourth-order valence-electron chi connectivity index (χ4n) is 1.26. The predicted molar refractivity (Wildman–Crippen MR) is 47.3 cm³/mol. The lowest BCUT2D eigenvalue weighted by atomic mass is 10.0. The number of hydrogen-bond acceptors (Lipinski definition) is 6. The van der Waals surface area contributed by atoms with E-state index in [2.05, 4.69) is 0 Å². The number of aliphatic hydroxyl groups excluding tert-OH is 4. The average molecular weight is 210 g/mol. The molecule has 1 aliphatic rings. The van der Waals surface area contributed by atoms with Crippen LogP contribution in [-0.4, -0.2) is 63.1 Å². The maximum absolute atomic E-state index is 9.38. The van der Waals surface area contributed by atoms with Crippen molar-refractivity contribution >= 4 is 11.8 Å². The van der Waals surface area contributed by atoms with Gasteiger partial charge in [0, 0.05) is 0 Å². The molecule has 1 heterocycles. The molecule has 2 unspecified atom stereocenters. The Balaban J connectivity index is 2.66. The van der Waals surface area contributed by atoms with Gasteiger partial charge in [-0.2, -0.15) is 0 Å². The minimum atomic E-state index is -1.26. The van der Waals surface area contributed by atoms with Gasteiger partial charge in [0.1, 0.15) is 29.9 Å². The zero-order chi connectivity index (χ0) is 10.0. The van der Waals surface area contributed by atoms with Crippen molar-refractivity contribution in [3.8, 4) is 0 Å². The van der Waals surface area contributed by atoms with Crippen molar-refractivity contribution < 1.29 is 25.2 Å². The van der Waals surface area contributed by atoms with Crippen LogP contribution in [-0.2, 0) is 4.74 Å². The lowest BCUT2D eigenvalue weighted by Crippen LogP contribution is -2.57. The molecule has 0 spiro atoms. The molecular weight excluding hydrogens is 196 g/mol. The zero-order valence-corrected chi connectivity index (χ0v) is 8.02.